The quantitative estimate of drug-likeness (QED) is 0.617. The molecule has 0 amide bonds. The van der Waals surface area contributed by atoms with E-state index in [1.54, 1.807) is 0 Å². The van der Waals surface area contributed by atoms with Crippen LogP contribution in [-0.4, -0.2) is 0 Å². The van der Waals surface area contributed by atoms with Crippen molar-refractivity contribution in [2.75, 3.05) is 0 Å². The Balaban J connectivity index is 2.27. The van der Waals surface area contributed by atoms with Crippen molar-refractivity contribution in [2.24, 2.45) is 0 Å². The van der Waals surface area contributed by atoms with Gasteiger partial charge in [0, 0.05) is 10.6 Å². The molecule has 0 bridgehead atoms. The van der Waals surface area contributed by atoms with Crippen LogP contribution in [0.2, 0.25) is 0 Å². The van der Waals surface area contributed by atoms with Crippen LogP contribution < -0.4 is 10.0 Å². The maximum atomic E-state index is 5.81. The summed E-state index contributed by atoms with van der Waals surface area (Å²) in [7, 11) is 2.69. The zero-order valence-electron chi connectivity index (χ0n) is 8.69. The largest absolute Gasteiger partial charge is 0.457 e. The summed E-state index contributed by atoms with van der Waals surface area (Å²) in [6, 6.07) is 16.0. The summed E-state index contributed by atoms with van der Waals surface area (Å²) >= 11 is 3.44. The molecule has 0 N–H and O–H groups in total. The minimum atomic E-state index is 0.836. The zero-order valence-corrected chi connectivity index (χ0v) is 11.4. The third kappa shape index (κ3) is 2.84. The molecule has 1 unspecified atom stereocenters. The Morgan fingerprint density at radius 3 is 2.50 bits per heavy atom. The van der Waals surface area contributed by atoms with Crippen LogP contribution >= 0.6 is 25.2 Å². The summed E-state index contributed by atoms with van der Waals surface area (Å²) in [5.41, 5.74) is 1.21. The molecule has 0 aliphatic rings. The number of para-hydroxylation sites is 1. The predicted molar refractivity (Wildman–Crippen MR) is 74.9 cm³/mol. The lowest BCUT2D eigenvalue weighted by molar-refractivity contribution is 0.486. The molecule has 0 radical (unpaired) electrons. The summed E-state index contributed by atoms with van der Waals surface area (Å²) in [6.45, 7) is 0. The summed E-state index contributed by atoms with van der Waals surface area (Å²) in [6.07, 6.45) is 0. The lowest BCUT2D eigenvalue weighted by atomic mass is 10.2. The van der Waals surface area contributed by atoms with Crippen molar-refractivity contribution in [1.82, 2.24) is 0 Å². The second kappa shape index (κ2) is 5.47. The minimum Gasteiger partial charge on any atom is -0.457 e. The summed E-state index contributed by atoms with van der Waals surface area (Å²) in [5.74, 6) is 1.74. The third-order valence-corrected chi connectivity index (χ3v) is 3.33. The summed E-state index contributed by atoms with van der Waals surface area (Å²) in [4.78, 5) is 0. The van der Waals surface area contributed by atoms with Crippen molar-refractivity contribution in [3.05, 3.63) is 54.1 Å². The number of benzene rings is 2. The Hall–Kier alpha value is -0.850. The first kappa shape index (κ1) is 11.6. The van der Waals surface area contributed by atoms with Gasteiger partial charge >= 0.3 is 0 Å². The van der Waals surface area contributed by atoms with Crippen LogP contribution in [0.4, 0.5) is 0 Å². The highest BCUT2D eigenvalue weighted by atomic mass is 79.9. The van der Waals surface area contributed by atoms with Gasteiger partial charge in [0.2, 0.25) is 0 Å². The Morgan fingerprint density at radius 1 is 1.06 bits per heavy atom. The van der Waals surface area contributed by atoms with Crippen LogP contribution in [-0.2, 0) is 5.33 Å². The molecule has 1 atom stereocenters. The highest BCUT2D eigenvalue weighted by Crippen LogP contribution is 2.22. The zero-order chi connectivity index (χ0) is 11.4. The Morgan fingerprint density at radius 2 is 1.81 bits per heavy atom. The van der Waals surface area contributed by atoms with Crippen molar-refractivity contribution in [3.8, 4) is 11.5 Å². The molecule has 16 heavy (non-hydrogen) atoms. The van der Waals surface area contributed by atoms with Gasteiger partial charge in [-0.3, -0.25) is 0 Å². The second-order valence-corrected chi connectivity index (χ2v) is 4.60. The fourth-order valence-electron chi connectivity index (χ4n) is 1.37. The molecule has 0 aliphatic heterocycles. The van der Waals surface area contributed by atoms with Crippen molar-refractivity contribution in [3.63, 3.8) is 0 Å². The molecular formula is C13H12BrOP. The third-order valence-electron chi connectivity index (χ3n) is 2.20. The van der Waals surface area contributed by atoms with Crippen LogP contribution in [0.1, 0.15) is 5.56 Å². The van der Waals surface area contributed by atoms with E-state index < -0.39 is 0 Å². The fourth-order valence-corrected chi connectivity index (χ4v) is 1.95. The van der Waals surface area contributed by atoms with Crippen molar-refractivity contribution in [1.29, 1.82) is 0 Å². The number of ether oxygens (including phenoxy) is 1. The summed E-state index contributed by atoms with van der Waals surface area (Å²) in [5, 5.41) is 1.90. The van der Waals surface area contributed by atoms with E-state index in [9.17, 15) is 0 Å². The topological polar surface area (TPSA) is 9.23 Å². The molecule has 3 heteroatoms. The van der Waals surface area contributed by atoms with E-state index in [-0.39, 0.29) is 0 Å². The summed E-state index contributed by atoms with van der Waals surface area (Å²) < 4.78 is 5.81. The van der Waals surface area contributed by atoms with Gasteiger partial charge in [-0.05, 0) is 23.8 Å². The van der Waals surface area contributed by atoms with Gasteiger partial charge in [-0.25, -0.2) is 0 Å². The number of hydrogen-bond donors (Lipinski definition) is 0. The first-order valence-electron chi connectivity index (χ1n) is 4.97. The highest BCUT2D eigenvalue weighted by molar-refractivity contribution is 9.08. The van der Waals surface area contributed by atoms with Gasteiger partial charge in [0.05, 0.1) is 0 Å². The SMILES string of the molecule is Pc1ccc(CBr)cc1Oc1ccccc1. The molecule has 2 aromatic carbocycles. The lowest BCUT2D eigenvalue weighted by Crippen LogP contribution is -1.98. The van der Waals surface area contributed by atoms with Crippen LogP contribution in [0.15, 0.2) is 48.5 Å². The van der Waals surface area contributed by atoms with E-state index in [0.29, 0.717) is 0 Å². The van der Waals surface area contributed by atoms with Gasteiger partial charge in [-0.15, -0.1) is 9.24 Å². The molecule has 0 saturated carbocycles. The highest BCUT2D eigenvalue weighted by Gasteiger charge is 2.02. The van der Waals surface area contributed by atoms with Gasteiger partial charge in [-0.2, -0.15) is 0 Å². The van der Waals surface area contributed by atoms with E-state index in [1.807, 2.05) is 42.5 Å². The number of alkyl halides is 1. The molecule has 82 valence electrons. The lowest BCUT2D eigenvalue weighted by Gasteiger charge is -2.09. The van der Waals surface area contributed by atoms with Gasteiger partial charge in [0.1, 0.15) is 11.5 Å². The normalized spacial score (nSPS) is 10.1. The van der Waals surface area contributed by atoms with Crippen molar-refractivity contribution in [2.45, 2.75) is 5.33 Å². The standard InChI is InChI=1S/C13H12BrOP/c14-9-10-6-7-13(16)12(8-10)15-11-4-2-1-3-5-11/h1-8H,9,16H2. The molecule has 1 nitrogen and oxygen atoms in total. The molecule has 2 aromatic rings. The molecule has 0 aromatic heterocycles. The molecule has 0 fully saturated rings. The van der Waals surface area contributed by atoms with Gasteiger partial charge in [-0.1, -0.05) is 46.3 Å². The number of hydrogen-bond acceptors (Lipinski definition) is 1. The maximum absolute atomic E-state index is 5.81. The Kier molecular flexibility index (Phi) is 3.98. The molecule has 0 aliphatic carbocycles. The van der Waals surface area contributed by atoms with Gasteiger partial charge < -0.3 is 4.74 Å². The van der Waals surface area contributed by atoms with Crippen LogP contribution in [0.25, 0.3) is 0 Å². The van der Waals surface area contributed by atoms with Crippen molar-refractivity contribution >= 4 is 30.5 Å². The smallest absolute Gasteiger partial charge is 0.134 e. The predicted octanol–water partition coefficient (Wildman–Crippen LogP) is 3.87. The molecule has 0 saturated heterocycles. The van der Waals surface area contributed by atoms with Gasteiger partial charge in [0.15, 0.2) is 0 Å². The van der Waals surface area contributed by atoms with E-state index in [4.69, 9.17) is 4.74 Å². The molecule has 0 heterocycles. The van der Waals surface area contributed by atoms with E-state index >= 15 is 0 Å². The first-order chi connectivity index (χ1) is 7.79. The van der Waals surface area contributed by atoms with Crippen molar-refractivity contribution < 1.29 is 4.74 Å². The fraction of sp³-hybridized carbons (Fsp3) is 0.0769. The molecule has 2 rings (SSSR count). The van der Waals surface area contributed by atoms with Crippen LogP contribution in [0, 0.1) is 0 Å². The maximum Gasteiger partial charge on any atom is 0.134 e. The van der Waals surface area contributed by atoms with E-state index in [0.717, 1.165) is 22.1 Å². The van der Waals surface area contributed by atoms with Crippen LogP contribution in [0.5, 0.6) is 11.5 Å². The number of halogens is 1. The number of rotatable bonds is 3. The first-order valence-corrected chi connectivity index (χ1v) is 6.67. The van der Waals surface area contributed by atoms with E-state index in [2.05, 4.69) is 31.2 Å². The van der Waals surface area contributed by atoms with Gasteiger partial charge in [0.25, 0.3) is 0 Å². The molecular weight excluding hydrogens is 283 g/mol. The monoisotopic (exact) mass is 294 g/mol. The Labute approximate surface area is 106 Å². The molecule has 0 spiro atoms. The minimum absolute atomic E-state index is 0.836. The Bertz CT molecular complexity index is 471. The average Bonchev–Trinajstić information content (AvgIpc) is 2.33. The average molecular weight is 295 g/mol. The second-order valence-electron chi connectivity index (χ2n) is 3.42. The van der Waals surface area contributed by atoms with Crippen LogP contribution in [0.3, 0.4) is 0 Å². The van der Waals surface area contributed by atoms with E-state index in [1.165, 1.54) is 5.56 Å².